The van der Waals surface area contributed by atoms with Crippen molar-refractivity contribution in [2.75, 3.05) is 26.2 Å². The largest absolute Gasteiger partial charge is 0.459 e. The zero-order valence-electron chi connectivity index (χ0n) is 17.6. The number of allylic oxidation sites excluding steroid dienone is 2. The Morgan fingerprint density at radius 3 is 2.58 bits per heavy atom. The van der Waals surface area contributed by atoms with Crippen LogP contribution in [0.25, 0.3) is 5.70 Å². The molecule has 1 atom stereocenters. The van der Waals surface area contributed by atoms with Crippen molar-refractivity contribution in [1.29, 1.82) is 0 Å². The van der Waals surface area contributed by atoms with E-state index in [9.17, 15) is 4.79 Å². The third-order valence-electron chi connectivity index (χ3n) is 5.95. The topological polar surface area (TPSA) is 52.3 Å². The number of furan rings is 1. The number of nitrogens with zero attached hydrogens (tertiary/aromatic N) is 4. The molecule has 1 aromatic carbocycles. The molecule has 5 rings (SSSR count). The van der Waals surface area contributed by atoms with Crippen molar-refractivity contribution in [1.82, 2.24) is 14.7 Å². The van der Waals surface area contributed by atoms with Gasteiger partial charge >= 0.3 is 0 Å². The van der Waals surface area contributed by atoms with Crippen LogP contribution in [-0.4, -0.2) is 52.6 Å². The predicted molar refractivity (Wildman–Crippen MR) is 121 cm³/mol. The van der Waals surface area contributed by atoms with Crippen LogP contribution in [0.2, 0.25) is 0 Å². The first-order valence-electron chi connectivity index (χ1n) is 10.8. The summed E-state index contributed by atoms with van der Waals surface area (Å²) in [6.07, 6.45) is 11.1. The highest BCUT2D eigenvalue weighted by Gasteiger charge is 2.30. The van der Waals surface area contributed by atoms with Crippen LogP contribution in [0.3, 0.4) is 0 Å². The first-order chi connectivity index (χ1) is 15.2. The molecule has 31 heavy (non-hydrogen) atoms. The molecule has 1 saturated heterocycles. The number of aliphatic imine (C=N–C) groups is 1. The summed E-state index contributed by atoms with van der Waals surface area (Å²) >= 11 is 0. The average molecular weight is 415 g/mol. The Morgan fingerprint density at radius 1 is 1.03 bits per heavy atom. The molecule has 3 aliphatic rings. The molecule has 2 aromatic rings. The average Bonchev–Trinajstić information content (AvgIpc) is 3.30. The van der Waals surface area contributed by atoms with Gasteiger partial charge in [0.1, 0.15) is 0 Å². The van der Waals surface area contributed by atoms with Gasteiger partial charge in [-0.15, -0.1) is 0 Å². The van der Waals surface area contributed by atoms with Gasteiger partial charge in [0.15, 0.2) is 11.6 Å². The number of rotatable bonds is 2. The SMILES string of the molecule is CC1C=C(c2ccccc2)N2C=CN=C(N3CCN(C(=O)c4ccco4)CC3)C2=CC1. The van der Waals surface area contributed by atoms with Crippen molar-refractivity contribution in [3.63, 3.8) is 0 Å². The third kappa shape index (κ3) is 3.81. The normalized spacial score (nSPS) is 21.1. The molecule has 6 nitrogen and oxygen atoms in total. The number of fused-ring (bicyclic) bond motifs is 1. The summed E-state index contributed by atoms with van der Waals surface area (Å²) in [5, 5.41) is 0. The lowest BCUT2D eigenvalue weighted by Crippen LogP contribution is -2.52. The van der Waals surface area contributed by atoms with E-state index in [0.29, 0.717) is 24.8 Å². The fourth-order valence-corrected chi connectivity index (χ4v) is 4.31. The van der Waals surface area contributed by atoms with E-state index in [4.69, 9.17) is 9.41 Å². The lowest BCUT2D eigenvalue weighted by molar-refractivity contribution is 0.0659. The zero-order valence-corrected chi connectivity index (χ0v) is 17.6. The van der Waals surface area contributed by atoms with E-state index in [1.807, 2.05) is 23.4 Å². The quantitative estimate of drug-likeness (QED) is 0.740. The van der Waals surface area contributed by atoms with E-state index < -0.39 is 0 Å². The Morgan fingerprint density at radius 2 is 1.84 bits per heavy atom. The Bertz CT molecular complexity index is 1060. The van der Waals surface area contributed by atoms with Gasteiger partial charge in [0, 0.05) is 44.3 Å². The number of hydrogen-bond acceptors (Lipinski definition) is 5. The summed E-state index contributed by atoms with van der Waals surface area (Å²) < 4.78 is 5.28. The van der Waals surface area contributed by atoms with Crippen molar-refractivity contribution in [3.8, 4) is 0 Å². The molecule has 0 radical (unpaired) electrons. The molecule has 3 aliphatic heterocycles. The van der Waals surface area contributed by atoms with Gasteiger partial charge in [-0.1, -0.05) is 49.4 Å². The molecule has 1 amide bonds. The van der Waals surface area contributed by atoms with E-state index in [1.54, 1.807) is 18.4 Å². The molecule has 0 spiro atoms. The molecule has 158 valence electrons. The second-order valence-electron chi connectivity index (χ2n) is 8.10. The number of hydrogen-bond donors (Lipinski definition) is 0. The maximum absolute atomic E-state index is 12.6. The van der Waals surface area contributed by atoms with Gasteiger partial charge in [-0.2, -0.15) is 0 Å². The monoisotopic (exact) mass is 414 g/mol. The van der Waals surface area contributed by atoms with Crippen molar-refractivity contribution in [3.05, 3.63) is 90.3 Å². The molecular formula is C25H26N4O2. The van der Waals surface area contributed by atoms with Gasteiger partial charge in [-0.25, -0.2) is 4.99 Å². The summed E-state index contributed by atoms with van der Waals surface area (Å²) in [4.78, 5) is 23.7. The molecular weight excluding hydrogens is 388 g/mol. The number of carbonyl (C=O) groups excluding carboxylic acids is 1. The fourth-order valence-electron chi connectivity index (χ4n) is 4.31. The number of amides is 1. The van der Waals surface area contributed by atoms with Crippen molar-refractivity contribution in [2.45, 2.75) is 13.3 Å². The predicted octanol–water partition coefficient (Wildman–Crippen LogP) is 4.19. The molecule has 1 aromatic heterocycles. The van der Waals surface area contributed by atoms with E-state index in [1.165, 1.54) is 11.3 Å². The minimum Gasteiger partial charge on any atom is -0.459 e. The maximum atomic E-state index is 12.6. The Labute approximate surface area is 182 Å². The molecule has 0 saturated carbocycles. The summed E-state index contributed by atoms with van der Waals surface area (Å²) in [5.74, 6) is 1.76. The van der Waals surface area contributed by atoms with Gasteiger partial charge in [-0.3, -0.25) is 4.79 Å². The van der Waals surface area contributed by atoms with Gasteiger partial charge in [-0.05, 0) is 30.0 Å². The second-order valence-corrected chi connectivity index (χ2v) is 8.10. The molecule has 4 heterocycles. The van der Waals surface area contributed by atoms with E-state index in [2.05, 4.69) is 53.1 Å². The first-order valence-corrected chi connectivity index (χ1v) is 10.8. The number of benzene rings is 1. The summed E-state index contributed by atoms with van der Waals surface area (Å²) in [7, 11) is 0. The van der Waals surface area contributed by atoms with Crippen LogP contribution < -0.4 is 0 Å². The summed E-state index contributed by atoms with van der Waals surface area (Å²) in [6.45, 7) is 5.02. The van der Waals surface area contributed by atoms with Crippen LogP contribution in [0.1, 0.15) is 29.5 Å². The highest BCUT2D eigenvalue weighted by Crippen LogP contribution is 2.33. The van der Waals surface area contributed by atoms with Crippen molar-refractivity contribution >= 4 is 17.4 Å². The molecule has 0 N–H and O–H groups in total. The maximum Gasteiger partial charge on any atom is 0.289 e. The highest BCUT2D eigenvalue weighted by atomic mass is 16.3. The van der Waals surface area contributed by atoms with Gasteiger partial charge in [0.25, 0.3) is 5.91 Å². The van der Waals surface area contributed by atoms with Crippen molar-refractivity contribution in [2.24, 2.45) is 10.9 Å². The van der Waals surface area contributed by atoms with Gasteiger partial charge in [0.2, 0.25) is 0 Å². The Kier molecular flexibility index (Phi) is 5.20. The van der Waals surface area contributed by atoms with Crippen LogP contribution in [-0.2, 0) is 0 Å². The standard InChI is InChI=1S/C25H26N4O2/c1-19-9-10-21-24(26-11-12-29(21)22(18-19)20-6-3-2-4-7-20)27-13-15-28(16-14-27)25(30)23-8-5-17-31-23/h2-8,10-12,17-19H,9,13-16H2,1H3. The molecule has 1 unspecified atom stereocenters. The minimum atomic E-state index is -0.0476. The third-order valence-corrected chi connectivity index (χ3v) is 5.95. The summed E-state index contributed by atoms with van der Waals surface area (Å²) in [6, 6.07) is 14.0. The number of piperazine rings is 1. The fraction of sp³-hybridized carbons (Fsp3) is 0.280. The molecule has 0 aliphatic carbocycles. The molecule has 1 fully saturated rings. The van der Waals surface area contributed by atoms with E-state index in [0.717, 1.165) is 31.0 Å². The van der Waals surface area contributed by atoms with Crippen LogP contribution >= 0.6 is 0 Å². The summed E-state index contributed by atoms with van der Waals surface area (Å²) in [5.41, 5.74) is 3.50. The number of amidine groups is 1. The van der Waals surface area contributed by atoms with Crippen LogP contribution in [0.15, 0.2) is 88.4 Å². The van der Waals surface area contributed by atoms with Crippen LogP contribution in [0.4, 0.5) is 0 Å². The van der Waals surface area contributed by atoms with Crippen LogP contribution in [0, 0.1) is 5.92 Å². The number of carbonyl (C=O) groups is 1. The Balaban J connectivity index is 1.36. The van der Waals surface area contributed by atoms with E-state index >= 15 is 0 Å². The van der Waals surface area contributed by atoms with Gasteiger partial charge in [0.05, 0.1) is 12.0 Å². The first kappa shape index (κ1) is 19.4. The highest BCUT2D eigenvalue weighted by molar-refractivity contribution is 6.01. The van der Waals surface area contributed by atoms with Crippen molar-refractivity contribution < 1.29 is 9.21 Å². The lowest BCUT2D eigenvalue weighted by atomic mass is 10.0. The minimum absolute atomic E-state index is 0.0476. The lowest BCUT2D eigenvalue weighted by Gasteiger charge is -2.39. The zero-order chi connectivity index (χ0) is 21.2. The van der Waals surface area contributed by atoms with Crippen LogP contribution in [0.5, 0.6) is 0 Å². The molecule has 0 bridgehead atoms. The molecule has 6 heteroatoms. The second kappa shape index (κ2) is 8.30. The van der Waals surface area contributed by atoms with E-state index in [-0.39, 0.29) is 5.91 Å². The van der Waals surface area contributed by atoms with Gasteiger partial charge < -0.3 is 19.1 Å². The smallest absolute Gasteiger partial charge is 0.289 e. The Hall–Kier alpha value is -3.54.